The van der Waals surface area contributed by atoms with E-state index in [1.807, 2.05) is 57.2 Å². The van der Waals surface area contributed by atoms with Crippen molar-refractivity contribution < 1.29 is 9.59 Å². The smallest absolute Gasteiger partial charge is 0.276 e. The van der Waals surface area contributed by atoms with Gasteiger partial charge in [-0.1, -0.05) is 19.9 Å². The van der Waals surface area contributed by atoms with Gasteiger partial charge in [0.05, 0.1) is 6.20 Å². The number of amides is 2. The van der Waals surface area contributed by atoms with Gasteiger partial charge in [-0.15, -0.1) is 5.10 Å². The van der Waals surface area contributed by atoms with Gasteiger partial charge in [0.25, 0.3) is 5.91 Å². The van der Waals surface area contributed by atoms with Gasteiger partial charge >= 0.3 is 0 Å². The number of hydrogen-bond acceptors (Lipinski definition) is 6. The number of carbonyl (C=O) groups excluding carboxylic acids is 2. The largest absolute Gasteiger partial charge is 0.321 e. The summed E-state index contributed by atoms with van der Waals surface area (Å²) in [6.07, 6.45) is 8.82. The van der Waals surface area contributed by atoms with E-state index < -0.39 is 0 Å². The monoisotopic (exact) mass is 492 g/mol. The Bertz CT molecular complexity index is 1480. The predicted octanol–water partition coefficient (Wildman–Crippen LogP) is 5.63. The molecule has 0 unspecified atom stereocenters. The molecule has 0 spiro atoms. The summed E-state index contributed by atoms with van der Waals surface area (Å²) < 4.78 is 0. The Morgan fingerprint density at radius 2 is 1.73 bits per heavy atom. The van der Waals surface area contributed by atoms with Gasteiger partial charge < -0.3 is 10.6 Å². The first-order valence-electron chi connectivity index (χ1n) is 12.3. The van der Waals surface area contributed by atoms with Gasteiger partial charge in [0.1, 0.15) is 5.82 Å². The molecule has 186 valence electrons. The van der Waals surface area contributed by atoms with Crippen LogP contribution in [0.5, 0.6) is 0 Å². The lowest BCUT2D eigenvalue weighted by Crippen LogP contribution is -2.15. The number of nitrogens with zero attached hydrogens (tertiary/aromatic N) is 4. The van der Waals surface area contributed by atoms with Crippen LogP contribution in [-0.2, 0) is 4.79 Å². The molecular weight excluding hydrogens is 464 g/mol. The fourth-order valence-electron chi connectivity index (χ4n) is 4.01. The number of carbonyl (C=O) groups is 2. The summed E-state index contributed by atoms with van der Waals surface area (Å²) >= 11 is 0. The van der Waals surface area contributed by atoms with Crippen LogP contribution in [0.1, 0.15) is 54.2 Å². The number of hydrogen-bond donors (Lipinski definition) is 2. The standard InChI is InChI=1S/C29H28N6O2/c1-17(2)21-11-26(35-32-16-21)29(37)33-24-7-4-18(3)25(13-24)23-10-22(14-30-15-23)20-8-9-31-27(12-20)34-28(36)19-5-6-19/h4,7-17,19H,5-6H2,1-3H3,(H,33,37)(H,31,34,36). The zero-order valence-corrected chi connectivity index (χ0v) is 21.0. The predicted molar refractivity (Wildman–Crippen MR) is 143 cm³/mol. The lowest BCUT2D eigenvalue weighted by Gasteiger charge is -2.12. The van der Waals surface area contributed by atoms with E-state index in [0.29, 0.717) is 11.5 Å². The average Bonchev–Trinajstić information content (AvgIpc) is 3.76. The van der Waals surface area contributed by atoms with Gasteiger partial charge in [-0.2, -0.15) is 5.10 Å². The Labute approximate surface area is 215 Å². The minimum atomic E-state index is -0.311. The number of pyridine rings is 2. The maximum atomic E-state index is 12.9. The second-order valence-electron chi connectivity index (χ2n) is 9.67. The van der Waals surface area contributed by atoms with Gasteiger partial charge in [-0.05, 0) is 84.3 Å². The average molecular weight is 493 g/mol. The van der Waals surface area contributed by atoms with Crippen LogP contribution >= 0.6 is 0 Å². The number of aromatic nitrogens is 4. The third kappa shape index (κ3) is 5.69. The first-order valence-corrected chi connectivity index (χ1v) is 12.3. The highest BCUT2D eigenvalue weighted by Crippen LogP contribution is 2.32. The Morgan fingerprint density at radius 1 is 0.919 bits per heavy atom. The summed E-state index contributed by atoms with van der Waals surface area (Å²) in [5, 5.41) is 13.8. The minimum Gasteiger partial charge on any atom is -0.321 e. The van der Waals surface area contributed by atoms with E-state index in [-0.39, 0.29) is 29.3 Å². The molecule has 4 aromatic rings. The van der Waals surface area contributed by atoms with Crippen LogP contribution in [0, 0.1) is 12.8 Å². The summed E-state index contributed by atoms with van der Waals surface area (Å²) in [4.78, 5) is 33.7. The molecule has 0 radical (unpaired) electrons. The highest BCUT2D eigenvalue weighted by Gasteiger charge is 2.29. The van der Waals surface area contributed by atoms with Crippen molar-refractivity contribution in [1.82, 2.24) is 20.2 Å². The third-order valence-electron chi connectivity index (χ3n) is 6.41. The zero-order valence-electron chi connectivity index (χ0n) is 21.0. The van der Waals surface area contributed by atoms with E-state index in [2.05, 4.69) is 30.8 Å². The van der Waals surface area contributed by atoms with Crippen molar-refractivity contribution in [2.45, 2.75) is 39.5 Å². The Morgan fingerprint density at radius 3 is 2.51 bits per heavy atom. The molecular formula is C29H28N6O2. The summed E-state index contributed by atoms with van der Waals surface area (Å²) in [7, 11) is 0. The second-order valence-corrected chi connectivity index (χ2v) is 9.67. The van der Waals surface area contributed by atoms with Gasteiger partial charge in [0.2, 0.25) is 5.91 Å². The maximum Gasteiger partial charge on any atom is 0.276 e. The summed E-state index contributed by atoms with van der Waals surface area (Å²) in [5.74, 6) is 0.601. The Balaban J connectivity index is 1.39. The van der Waals surface area contributed by atoms with Crippen LogP contribution in [-0.4, -0.2) is 32.0 Å². The topological polar surface area (TPSA) is 110 Å². The van der Waals surface area contributed by atoms with Crippen molar-refractivity contribution in [2.75, 3.05) is 10.6 Å². The highest BCUT2D eigenvalue weighted by molar-refractivity contribution is 6.03. The number of nitrogens with one attached hydrogen (secondary N) is 2. The SMILES string of the molecule is Cc1ccc(NC(=O)c2cc(C(C)C)cnn2)cc1-c1cncc(-c2ccnc(NC(=O)C3CC3)c2)c1. The van der Waals surface area contributed by atoms with E-state index in [4.69, 9.17) is 0 Å². The number of benzene rings is 1. The normalized spacial score (nSPS) is 12.9. The van der Waals surface area contributed by atoms with E-state index in [1.165, 1.54) is 0 Å². The summed E-state index contributed by atoms with van der Waals surface area (Å²) in [6, 6.07) is 13.3. The second kappa shape index (κ2) is 10.3. The van der Waals surface area contributed by atoms with Crippen LogP contribution in [0.3, 0.4) is 0 Å². The quantitative estimate of drug-likeness (QED) is 0.346. The Kier molecular flexibility index (Phi) is 6.72. The molecule has 8 nitrogen and oxygen atoms in total. The van der Waals surface area contributed by atoms with Crippen LogP contribution < -0.4 is 10.6 Å². The molecule has 2 amide bonds. The molecule has 37 heavy (non-hydrogen) atoms. The molecule has 1 saturated carbocycles. The molecule has 8 heteroatoms. The number of rotatable bonds is 7. The molecule has 0 saturated heterocycles. The van der Waals surface area contributed by atoms with Crippen molar-refractivity contribution >= 4 is 23.3 Å². The van der Waals surface area contributed by atoms with Gasteiger partial charge in [0, 0.05) is 41.3 Å². The molecule has 1 aliphatic carbocycles. The van der Waals surface area contributed by atoms with Gasteiger partial charge in [0.15, 0.2) is 5.69 Å². The molecule has 1 aromatic carbocycles. The third-order valence-corrected chi connectivity index (χ3v) is 6.41. The fourth-order valence-corrected chi connectivity index (χ4v) is 4.01. The lowest BCUT2D eigenvalue weighted by atomic mass is 9.98. The summed E-state index contributed by atoms with van der Waals surface area (Å²) in [5.41, 5.74) is 6.60. The molecule has 0 bridgehead atoms. The first kappa shape index (κ1) is 24.2. The first-order chi connectivity index (χ1) is 17.9. The van der Waals surface area contributed by atoms with Crippen molar-refractivity contribution in [3.63, 3.8) is 0 Å². The van der Waals surface area contributed by atoms with Crippen molar-refractivity contribution in [1.29, 1.82) is 0 Å². The molecule has 3 aromatic heterocycles. The Hall–Kier alpha value is -4.46. The van der Waals surface area contributed by atoms with E-state index in [1.54, 1.807) is 30.9 Å². The van der Waals surface area contributed by atoms with Crippen LogP contribution in [0.15, 0.2) is 67.3 Å². The molecule has 0 aliphatic heterocycles. The number of aryl methyl sites for hydroxylation is 1. The molecule has 0 atom stereocenters. The molecule has 2 N–H and O–H groups in total. The van der Waals surface area contributed by atoms with Crippen molar-refractivity contribution in [3.05, 3.63) is 84.1 Å². The van der Waals surface area contributed by atoms with Crippen molar-refractivity contribution in [3.8, 4) is 22.3 Å². The van der Waals surface area contributed by atoms with Crippen LogP contribution in [0.25, 0.3) is 22.3 Å². The van der Waals surface area contributed by atoms with Crippen molar-refractivity contribution in [2.24, 2.45) is 5.92 Å². The van der Waals surface area contributed by atoms with E-state index in [9.17, 15) is 9.59 Å². The summed E-state index contributed by atoms with van der Waals surface area (Å²) in [6.45, 7) is 6.11. The highest BCUT2D eigenvalue weighted by atomic mass is 16.2. The maximum absolute atomic E-state index is 12.9. The lowest BCUT2D eigenvalue weighted by molar-refractivity contribution is -0.117. The van der Waals surface area contributed by atoms with Gasteiger partial charge in [-0.3, -0.25) is 14.6 Å². The van der Waals surface area contributed by atoms with Gasteiger partial charge in [-0.25, -0.2) is 4.98 Å². The van der Waals surface area contributed by atoms with Crippen LogP contribution in [0.2, 0.25) is 0 Å². The van der Waals surface area contributed by atoms with Crippen LogP contribution in [0.4, 0.5) is 11.5 Å². The fraction of sp³-hybridized carbons (Fsp3) is 0.241. The minimum absolute atomic E-state index is 0.0212. The van der Waals surface area contributed by atoms with E-state index in [0.717, 1.165) is 46.2 Å². The molecule has 1 fully saturated rings. The molecule has 3 heterocycles. The zero-order chi connectivity index (χ0) is 25.9. The molecule has 1 aliphatic rings. The molecule has 5 rings (SSSR count). The number of anilines is 2. The van der Waals surface area contributed by atoms with E-state index >= 15 is 0 Å².